The summed E-state index contributed by atoms with van der Waals surface area (Å²) in [6, 6.07) is 23.9. The van der Waals surface area contributed by atoms with Crippen molar-refractivity contribution in [1.29, 1.82) is 0 Å². The highest BCUT2D eigenvalue weighted by atomic mass is 32.2. The van der Waals surface area contributed by atoms with Gasteiger partial charge in [0.25, 0.3) is 10.0 Å². The molecule has 0 saturated carbocycles. The minimum Gasteiger partial charge on any atom is -0.497 e. The van der Waals surface area contributed by atoms with Gasteiger partial charge in [0.1, 0.15) is 18.1 Å². The number of hydrogen-bond donors (Lipinski definition) is 1. The van der Waals surface area contributed by atoms with Gasteiger partial charge in [-0.25, -0.2) is 12.8 Å². The number of hydrogen-bond acceptors (Lipinski definition) is 4. The molecule has 0 bridgehead atoms. The number of sulfonamides is 1. The Morgan fingerprint density at radius 3 is 2.24 bits per heavy atom. The number of nitrogens with one attached hydrogen (secondary N) is 1. The highest BCUT2D eigenvalue weighted by Crippen LogP contribution is 2.26. The lowest BCUT2D eigenvalue weighted by Gasteiger charge is -2.24. The molecule has 0 aliphatic rings. The highest BCUT2D eigenvalue weighted by molar-refractivity contribution is 7.92. The van der Waals surface area contributed by atoms with Crippen LogP contribution in [0.4, 0.5) is 15.8 Å². The minimum atomic E-state index is -4.15. The number of amides is 1. The molecule has 1 N–H and O–H groups in total. The van der Waals surface area contributed by atoms with E-state index < -0.39 is 28.3 Å². The SMILES string of the molecule is COc1ccc(N(CC(=O)Nc2ccc3ccccc3c2)S(=O)(=O)c2ccc(F)cc2)cc1. The van der Waals surface area contributed by atoms with Crippen molar-refractivity contribution in [2.24, 2.45) is 0 Å². The van der Waals surface area contributed by atoms with Gasteiger partial charge in [0.15, 0.2) is 0 Å². The van der Waals surface area contributed by atoms with Crippen LogP contribution in [0.15, 0.2) is 95.9 Å². The van der Waals surface area contributed by atoms with Gasteiger partial charge >= 0.3 is 0 Å². The zero-order valence-electron chi connectivity index (χ0n) is 17.7. The summed E-state index contributed by atoms with van der Waals surface area (Å²) in [6.45, 7) is -0.473. The van der Waals surface area contributed by atoms with E-state index in [1.807, 2.05) is 36.4 Å². The summed E-state index contributed by atoms with van der Waals surface area (Å²) in [7, 11) is -2.65. The van der Waals surface area contributed by atoms with Crippen molar-refractivity contribution in [3.05, 3.63) is 96.8 Å². The first-order valence-electron chi connectivity index (χ1n) is 10.1. The quantitative estimate of drug-likeness (QED) is 0.425. The van der Waals surface area contributed by atoms with E-state index in [2.05, 4.69) is 5.32 Å². The van der Waals surface area contributed by atoms with Gasteiger partial charge in [-0.15, -0.1) is 0 Å². The topological polar surface area (TPSA) is 75.7 Å². The van der Waals surface area contributed by atoms with E-state index in [0.29, 0.717) is 11.4 Å². The lowest BCUT2D eigenvalue weighted by molar-refractivity contribution is -0.114. The van der Waals surface area contributed by atoms with Crippen molar-refractivity contribution < 1.29 is 22.3 Å². The van der Waals surface area contributed by atoms with Gasteiger partial charge in [-0.1, -0.05) is 30.3 Å². The maximum atomic E-state index is 13.4. The molecule has 33 heavy (non-hydrogen) atoms. The number of nitrogens with zero attached hydrogens (tertiary/aromatic N) is 1. The van der Waals surface area contributed by atoms with Crippen LogP contribution in [-0.4, -0.2) is 28.0 Å². The molecule has 0 spiro atoms. The fourth-order valence-electron chi connectivity index (χ4n) is 3.40. The maximum absolute atomic E-state index is 13.4. The van der Waals surface area contributed by atoms with Gasteiger partial charge < -0.3 is 10.1 Å². The monoisotopic (exact) mass is 464 g/mol. The molecule has 0 radical (unpaired) electrons. The van der Waals surface area contributed by atoms with Gasteiger partial charge in [-0.3, -0.25) is 9.10 Å². The smallest absolute Gasteiger partial charge is 0.264 e. The van der Waals surface area contributed by atoms with Gasteiger partial charge in [0, 0.05) is 5.69 Å². The molecule has 4 aromatic carbocycles. The van der Waals surface area contributed by atoms with E-state index in [1.165, 1.54) is 19.2 Å². The van der Waals surface area contributed by atoms with Crippen molar-refractivity contribution in [1.82, 2.24) is 0 Å². The first-order chi connectivity index (χ1) is 15.9. The van der Waals surface area contributed by atoms with E-state index in [4.69, 9.17) is 4.74 Å². The zero-order valence-corrected chi connectivity index (χ0v) is 18.6. The Kier molecular flexibility index (Phi) is 6.28. The second-order valence-corrected chi connectivity index (χ2v) is 9.14. The van der Waals surface area contributed by atoms with Crippen LogP contribution in [-0.2, 0) is 14.8 Å². The predicted molar refractivity (Wildman–Crippen MR) is 127 cm³/mol. The van der Waals surface area contributed by atoms with Gasteiger partial charge in [0.05, 0.1) is 17.7 Å². The van der Waals surface area contributed by atoms with Crippen LogP contribution in [0.25, 0.3) is 10.8 Å². The van der Waals surface area contributed by atoms with E-state index in [1.54, 1.807) is 30.3 Å². The van der Waals surface area contributed by atoms with Crippen molar-refractivity contribution in [3.8, 4) is 5.75 Å². The molecule has 0 heterocycles. The first kappa shape index (κ1) is 22.3. The van der Waals surface area contributed by atoms with Gasteiger partial charge in [0.2, 0.25) is 5.91 Å². The Labute approximate surface area is 191 Å². The van der Waals surface area contributed by atoms with E-state index >= 15 is 0 Å². The fourth-order valence-corrected chi connectivity index (χ4v) is 4.82. The number of benzene rings is 4. The van der Waals surface area contributed by atoms with Crippen molar-refractivity contribution >= 4 is 38.1 Å². The predicted octanol–water partition coefficient (Wildman–Crippen LogP) is 4.82. The molecule has 0 aliphatic carbocycles. The van der Waals surface area contributed by atoms with Crippen LogP contribution >= 0.6 is 0 Å². The number of rotatable bonds is 7. The number of carbonyl (C=O) groups excluding carboxylic acids is 1. The van der Waals surface area contributed by atoms with Crippen LogP contribution in [0.1, 0.15) is 0 Å². The number of carbonyl (C=O) groups is 1. The average Bonchev–Trinajstić information content (AvgIpc) is 2.83. The van der Waals surface area contributed by atoms with Crippen LogP contribution in [0.2, 0.25) is 0 Å². The van der Waals surface area contributed by atoms with Crippen LogP contribution < -0.4 is 14.4 Å². The van der Waals surface area contributed by atoms with E-state index in [9.17, 15) is 17.6 Å². The molecule has 0 aliphatic heterocycles. The second kappa shape index (κ2) is 9.30. The molecule has 4 aromatic rings. The van der Waals surface area contributed by atoms with Crippen LogP contribution in [0.5, 0.6) is 5.75 Å². The van der Waals surface area contributed by atoms with Crippen molar-refractivity contribution in [3.63, 3.8) is 0 Å². The summed E-state index contributed by atoms with van der Waals surface area (Å²) in [5, 5.41) is 4.73. The second-order valence-electron chi connectivity index (χ2n) is 7.27. The lowest BCUT2D eigenvalue weighted by Crippen LogP contribution is -2.38. The Bertz CT molecular complexity index is 1390. The maximum Gasteiger partial charge on any atom is 0.264 e. The van der Waals surface area contributed by atoms with E-state index in [-0.39, 0.29) is 10.6 Å². The molecule has 1 amide bonds. The molecule has 0 saturated heterocycles. The first-order valence-corrected chi connectivity index (χ1v) is 11.5. The minimum absolute atomic E-state index is 0.127. The third kappa shape index (κ3) is 4.96. The molecule has 0 aromatic heterocycles. The Balaban J connectivity index is 1.64. The molecule has 0 unspecified atom stereocenters. The average molecular weight is 465 g/mol. The normalized spacial score (nSPS) is 11.2. The summed E-state index contributed by atoms with van der Waals surface area (Å²) in [5.74, 6) is -0.538. The third-order valence-corrected chi connectivity index (χ3v) is 6.87. The molecule has 168 valence electrons. The molecule has 0 atom stereocenters. The van der Waals surface area contributed by atoms with Crippen LogP contribution in [0, 0.1) is 5.82 Å². The lowest BCUT2D eigenvalue weighted by atomic mass is 10.1. The number of ether oxygens (including phenoxy) is 1. The summed E-state index contributed by atoms with van der Waals surface area (Å²) < 4.78 is 46.2. The number of methoxy groups -OCH3 is 1. The Morgan fingerprint density at radius 2 is 1.58 bits per heavy atom. The number of fused-ring (bicyclic) bond motifs is 1. The van der Waals surface area contributed by atoms with Crippen molar-refractivity contribution in [2.45, 2.75) is 4.90 Å². The molecule has 8 heteroatoms. The summed E-state index contributed by atoms with van der Waals surface area (Å²) in [4.78, 5) is 12.8. The van der Waals surface area contributed by atoms with Gasteiger partial charge in [-0.05, 0) is 71.4 Å². The van der Waals surface area contributed by atoms with Crippen LogP contribution in [0.3, 0.4) is 0 Å². The molecular formula is C25H21FN2O4S. The standard InChI is InChI=1S/C25H21FN2O4S/c1-32-23-12-10-22(11-13-23)28(33(30,31)24-14-7-20(26)8-15-24)17-25(29)27-21-9-6-18-4-2-3-5-19(18)16-21/h2-16H,17H2,1H3,(H,27,29). The fraction of sp³-hybridized carbons (Fsp3) is 0.0800. The molecule has 0 fully saturated rings. The summed E-state index contributed by atoms with van der Waals surface area (Å²) in [5.41, 5.74) is 0.821. The largest absolute Gasteiger partial charge is 0.497 e. The summed E-state index contributed by atoms with van der Waals surface area (Å²) in [6.07, 6.45) is 0. The molecular weight excluding hydrogens is 443 g/mol. The van der Waals surface area contributed by atoms with Crippen molar-refractivity contribution in [2.75, 3.05) is 23.3 Å². The number of halogens is 1. The molecule has 6 nitrogen and oxygen atoms in total. The number of anilines is 2. The third-order valence-electron chi connectivity index (χ3n) is 5.08. The molecule has 4 rings (SSSR count). The van der Waals surface area contributed by atoms with Gasteiger partial charge in [-0.2, -0.15) is 0 Å². The van der Waals surface area contributed by atoms with E-state index in [0.717, 1.165) is 27.2 Å². The summed E-state index contributed by atoms with van der Waals surface area (Å²) >= 11 is 0. The Hall–Kier alpha value is -3.91. The highest BCUT2D eigenvalue weighted by Gasteiger charge is 2.27. The Morgan fingerprint density at radius 1 is 0.909 bits per heavy atom. The zero-order chi connectivity index (χ0) is 23.4.